The average Bonchev–Trinajstić information content (AvgIpc) is 2.76. The van der Waals surface area contributed by atoms with Gasteiger partial charge < -0.3 is 9.26 Å². The first kappa shape index (κ1) is 14.1. The molecule has 1 aromatic heterocycles. The number of carbonyl (C=O) groups is 1. The Morgan fingerprint density at radius 3 is 2.55 bits per heavy atom. The van der Waals surface area contributed by atoms with Crippen LogP contribution in [0.1, 0.15) is 23.0 Å². The van der Waals surface area contributed by atoms with Crippen molar-refractivity contribution in [3.05, 3.63) is 40.9 Å². The van der Waals surface area contributed by atoms with Gasteiger partial charge in [-0.25, -0.2) is 18.0 Å². The van der Waals surface area contributed by atoms with Gasteiger partial charge in [0.2, 0.25) is 0 Å². The summed E-state index contributed by atoms with van der Waals surface area (Å²) in [6.45, 7) is 3.13. The molecule has 0 saturated carbocycles. The molecule has 0 fully saturated rings. The normalized spacial score (nSPS) is 10.7. The van der Waals surface area contributed by atoms with Crippen LogP contribution in [0.3, 0.4) is 0 Å². The van der Waals surface area contributed by atoms with Gasteiger partial charge in [-0.1, -0.05) is 5.16 Å². The number of carbonyl (C=O) groups excluding carboxylic acids is 1. The van der Waals surface area contributed by atoms with E-state index in [1.54, 1.807) is 6.92 Å². The molecule has 0 radical (unpaired) electrons. The van der Waals surface area contributed by atoms with Crippen LogP contribution in [0.5, 0.6) is 0 Å². The van der Waals surface area contributed by atoms with Crippen molar-refractivity contribution in [3.8, 4) is 11.3 Å². The third-order valence-corrected chi connectivity index (χ3v) is 2.61. The zero-order valence-corrected chi connectivity index (χ0v) is 10.7. The number of esters is 1. The topological polar surface area (TPSA) is 52.3 Å². The van der Waals surface area contributed by atoms with Crippen molar-refractivity contribution in [2.24, 2.45) is 0 Å². The molecule has 7 heteroatoms. The Hall–Kier alpha value is -2.31. The molecule has 0 atom stereocenters. The van der Waals surface area contributed by atoms with E-state index >= 15 is 0 Å². The van der Waals surface area contributed by atoms with Crippen LogP contribution in [-0.4, -0.2) is 17.7 Å². The molecule has 4 nitrogen and oxygen atoms in total. The smallest absolute Gasteiger partial charge is 0.344 e. The number of halogens is 3. The van der Waals surface area contributed by atoms with E-state index in [2.05, 4.69) is 5.16 Å². The second-order valence-corrected chi connectivity index (χ2v) is 3.93. The van der Waals surface area contributed by atoms with E-state index < -0.39 is 23.4 Å². The van der Waals surface area contributed by atoms with Gasteiger partial charge in [-0.2, -0.15) is 0 Å². The van der Waals surface area contributed by atoms with Crippen molar-refractivity contribution in [1.29, 1.82) is 0 Å². The van der Waals surface area contributed by atoms with Gasteiger partial charge in [0.25, 0.3) is 0 Å². The average molecular weight is 285 g/mol. The molecule has 2 rings (SSSR count). The van der Waals surface area contributed by atoms with Gasteiger partial charge in [-0.05, 0) is 19.9 Å². The van der Waals surface area contributed by atoms with Gasteiger partial charge in [-0.15, -0.1) is 0 Å². The standard InChI is InChI=1S/C13H10F3NO3/c1-3-19-13(18)11-6(2)20-17-12(11)7-4-9(15)10(16)5-8(7)14/h4-5H,3H2,1-2H3. The zero-order chi connectivity index (χ0) is 14.9. The van der Waals surface area contributed by atoms with Crippen molar-refractivity contribution in [2.75, 3.05) is 6.61 Å². The highest BCUT2D eigenvalue weighted by molar-refractivity contribution is 5.97. The molecule has 0 saturated heterocycles. The van der Waals surface area contributed by atoms with Crippen molar-refractivity contribution < 1.29 is 27.2 Å². The highest BCUT2D eigenvalue weighted by Gasteiger charge is 2.25. The fourth-order valence-corrected chi connectivity index (χ4v) is 1.70. The van der Waals surface area contributed by atoms with Crippen LogP contribution in [0.2, 0.25) is 0 Å². The fraction of sp³-hybridized carbons (Fsp3) is 0.231. The van der Waals surface area contributed by atoms with Gasteiger partial charge >= 0.3 is 5.97 Å². The SMILES string of the molecule is CCOC(=O)c1c(-c2cc(F)c(F)cc2F)noc1C. The number of ether oxygens (including phenoxy) is 1. The minimum atomic E-state index is -1.33. The van der Waals surface area contributed by atoms with Crippen LogP contribution >= 0.6 is 0 Å². The predicted molar refractivity (Wildman–Crippen MR) is 62.5 cm³/mol. The largest absolute Gasteiger partial charge is 0.462 e. The summed E-state index contributed by atoms with van der Waals surface area (Å²) < 4.78 is 49.4. The molecule has 106 valence electrons. The van der Waals surface area contributed by atoms with Gasteiger partial charge in [0, 0.05) is 11.6 Å². The predicted octanol–water partition coefficient (Wildman–Crippen LogP) is 3.24. The van der Waals surface area contributed by atoms with Gasteiger partial charge in [0.15, 0.2) is 11.6 Å². The Morgan fingerprint density at radius 2 is 1.90 bits per heavy atom. The molecule has 20 heavy (non-hydrogen) atoms. The maximum Gasteiger partial charge on any atom is 0.344 e. The number of aromatic nitrogens is 1. The van der Waals surface area contributed by atoms with Crippen molar-refractivity contribution in [2.45, 2.75) is 13.8 Å². The summed E-state index contributed by atoms with van der Waals surface area (Å²) in [5.74, 6) is -4.31. The summed E-state index contributed by atoms with van der Waals surface area (Å²) in [5.41, 5.74) is -0.710. The van der Waals surface area contributed by atoms with E-state index in [0.717, 1.165) is 0 Å². The van der Waals surface area contributed by atoms with Crippen LogP contribution < -0.4 is 0 Å². The van der Waals surface area contributed by atoms with Crippen LogP contribution in [0, 0.1) is 24.4 Å². The molecule has 1 heterocycles. The minimum absolute atomic E-state index is 0.0996. The van der Waals surface area contributed by atoms with Gasteiger partial charge in [0.05, 0.1) is 6.61 Å². The van der Waals surface area contributed by atoms with Crippen molar-refractivity contribution in [1.82, 2.24) is 5.16 Å². The first-order valence-electron chi connectivity index (χ1n) is 5.74. The number of nitrogens with zero attached hydrogens (tertiary/aromatic N) is 1. The number of benzene rings is 1. The maximum absolute atomic E-state index is 13.7. The number of aryl methyl sites for hydroxylation is 1. The Kier molecular flexibility index (Phi) is 3.78. The van der Waals surface area contributed by atoms with Crippen molar-refractivity contribution >= 4 is 5.97 Å². The van der Waals surface area contributed by atoms with Gasteiger partial charge in [-0.3, -0.25) is 0 Å². The molecule has 0 aliphatic carbocycles. The van der Waals surface area contributed by atoms with E-state index in [4.69, 9.17) is 9.26 Å². The van der Waals surface area contributed by atoms with E-state index in [1.165, 1.54) is 6.92 Å². The first-order valence-corrected chi connectivity index (χ1v) is 5.74. The summed E-state index contributed by atoms with van der Waals surface area (Å²) in [6, 6.07) is 0.994. The fourth-order valence-electron chi connectivity index (χ4n) is 1.70. The zero-order valence-electron chi connectivity index (χ0n) is 10.7. The van der Waals surface area contributed by atoms with E-state index in [-0.39, 0.29) is 29.2 Å². The van der Waals surface area contributed by atoms with Crippen LogP contribution in [-0.2, 0) is 4.74 Å². The Morgan fingerprint density at radius 1 is 1.25 bits per heavy atom. The second kappa shape index (κ2) is 5.36. The quantitative estimate of drug-likeness (QED) is 0.641. The first-order chi connectivity index (χ1) is 9.45. The monoisotopic (exact) mass is 285 g/mol. The minimum Gasteiger partial charge on any atom is -0.462 e. The summed E-state index contributed by atoms with van der Waals surface area (Å²) in [4.78, 5) is 11.8. The molecule has 0 aliphatic heterocycles. The molecule has 1 aromatic carbocycles. The maximum atomic E-state index is 13.7. The van der Waals surface area contributed by atoms with Crippen LogP contribution in [0.25, 0.3) is 11.3 Å². The molecule has 0 spiro atoms. The molecular weight excluding hydrogens is 275 g/mol. The molecule has 0 unspecified atom stereocenters. The van der Waals surface area contributed by atoms with E-state index in [9.17, 15) is 18.0 Å². The molecule has 0 N–H and O–H groups in total. The van der Waals surface area contributed by atoms with Crippen LogP contribution in [0.15, 0.2) is 16.7 Å². The van der Waals surface area contributed by atoms with Gasteiger partial charge in [0.1, 0.15) is 22.8 Å². The lowest BCUT2D eigenvalue weighted by Gasteiger charge is -2.04. The lowest BCUT2D eigenvalue weighted by atomic mass is 10.1. The van der Waals surface area contributed by atoms with E-state index in [0.29, 0.717) is 12.1 Å². The van der Waals surface area contributed by atoms with Crippen molar-refractivity contribution in [3.63, 3.8) is 0 Å². The number of hydrogen-bond acceptors (Lipinski definition) is 4. The lowest BCUT2D eigenvalue weighted by molar-refractivity contribution is 0.0525. The third kappa shape index (κ3) is 2.38. The highest BCUT2D eigenvalue weighted by atomic mass is 19.2. The second-order valence-electron chi connectivity index (χ2n) is 3.93. The molecule has 0 bridgehead atoms. The summed E-state index contributed by atoms with van der Waals surface area (Å²) in [7, 11) is 0. The summed E-state index contributed by atoms with van der Waals surface area (Å²) in [6.07, 6.45) is 0. The molecule has 0 aliphatic rings. The lowest BCUT2D eigenvalue weighted by Crippen LogP contribution is -2.07. The Bertz CT molecular complexity index is 667. The molecular formula is C13H10F3NO3. The third-order valence-electron chi connectivity index (χ3n) is 2.61. The van der Waals surface area contributed by atoms with Crippen LogP contribution in [0.4, 0.5) is 13.2 Å². The number of hydrogen-bond donors (Lipinski definition) is 0. The summed E-state index contributed by atoms with van der Waals surface area (Å²) >= 11 is 0. The highest BCUT2D eigenvalue weighted by Crippen LogP contribution is 2.29. The molecule has 0 amide bonds. The molecule has 2 aromatic rings. The number of rotatable bonds is 3. The Balaban J connectivity index is 2.59. The summed E-state index contributed by atoms with van der Waals surface area (Å²) in [5, 5.41) is 3.52. The van der Waals surface area contributed by atoms with E-state index in [1.807, 2.05) is 0 Å². The Labute approximate surface area is 112 Å².